The van der Waals surface area contributed by atoms with Crippen molar-refractivity contribution in [3.63, 3.8) is 0 Å². The zero-order chi connectivity index (χ0) is 54.5. The Kier molecular flexibility index (Phi) is 28.6. The Labute approximate surface area is 432 Å². The highest BCUT2D eigenvalue weighted by Crippen LogP contribution is 2.22. The maximum Gasteiger partial charge on any atom is 0.327 e. The average molecular weight is 1080 g/mol. The first kappa shape index (κ1) is 62.1. The molecule has 0 aliphatic rings. The van der Waals surface area contributed by atoms with Gasteiger partial charge in [0, 0.05) is 56.7 Å². The second-order valence-corrected chi connectivity index (χ2v) is 19.1. The zero-order valence-corrected chi connectivity index (χ0v) is 42.0. The van der Waals surface area contributed by atoms with Gasteiger partial charge in [0.2, 0.25) is 35.4 Å². The summed E-state index contributed by atoms with van der Waals surface area (Å²) in [6.07, 6.45) is -2.18. The summed E-state index contributed by atoms with van der Waals surface area (Å²) >= 11 is 5.00. The van der Waals surface area contributed by atoms with Gasteiger partial charge in [-0.15, -0.1) is 0 Å². The van der Waals surface area contributed by atoms with E-state index in [2.05, 4.69) is 42.5 Å². The van der Waals surface area contributed by atoms with Crippen molar-refractivity contribution in [1.82, 2.24) is 42.5 Å². The molecule has 25 nitrogen and oxygen atoms in total. The van der Waals surface area contributed by atoms with Crippen LogP contribution in [0, 0.1) is 0 Å². The van der Waals surface area contributed by atoms with Gasteiger partial charge in [0.15, 0.2) is 5.11 Å². The molecule has 2 rings (SSSR count). The molecule has 400 valence electrons. The Bertz CT molecular complexity index is 2230. The highest BCUT2D eigenvalue weighted by molar-refractivity contribution is 8.76. The summed E-state index contributed by atoms with van der Waals surface area (Å²) in [4.78, 5) is 138. The molecule has 6 amide bonds. The highest BCUT2D eigenvalue weighted by Gasteiger charge is 2.32. The van der Waals surface area contributed by atoms with Crippen LogP contribution in [0.1, 0.15) is 63.0 Å². The molecule has 0 saturated carbocycles. The van der Waals surface area contributed by atoms with Gasteiger partial charge < -0.3 is 73.8 Å². The Morgan fingerprint density at radius 2 is 1.03 bits per heavy atom. The van der Waals surface area contributed by atoms with Crippen molar-refractivity contribution in [1.29, 1.82) is 0 Å². The largest absolute Gasteiger partial charge is 0.481 e. The van der Waals surface area contributed by atoms with E-state index in [9.17, 15) is 73.2 Å². The lowest BCUT2D eigenvalue weighted by Gasteiger charge is -2.25. The number of benzene rings is 2. The first-order valence-electron chi connectivity index (χ1n) is 22.6. The third kappa shape index (κ3) is 25.8. The van der Waals surface area contributed by atoms with Crippen LogP contribution >= 0.6 is 33.8 Å². The van der Waals surface area contributed by atoms with E-state index < -0.39 is 132 Å². The normalized spacial score (nSPS) is 13.6. The minimum Gasteiger partial charge on any atom is -0.481 e. The molecule has 7 atom stereocenters. The van der Waals surface area contributed by atoms with Crippen LogP contribution in [0.25, 0.3) is 0 Å². The van der Waals surface area contributed by atoms with E-state index in [4.69, 9.17) is 23.1 Å². The molecule has 73 heavy (non-hydrogen) atoms. The van der Waals surface area contributed by atoms with Crippen molar-refractivity contribution in [2.24, 2.45) is 5.73 Å². The molecular weight excluding hydrogens is 1020 g/mol. The van der Waals surface area contributed by atoms with Crippen molar-refractivity contribution >= 4 is 104 Å². The molecular formula is C45H61N9O16S3. The number of thiocarbonyl (C=S) groups is 1. The lowest BCUT2D eigenvalue weighted by Crippen LogP contribution is -2.58. The van der Waals surface area contributed by atoms with E-state index in [1.807, 2.05) is 6.92 Å². The molecule has 15 N–H and O–H groups in total. The van der Waals surface area contributed by atoms with Gasteiger partial charge in [0.1, 0.15) is 42.3 Å². The van der Waals surface area contributed by atoms with Crippen LogP contribution in [-0.4, -0.2) is 163 Å². The van der Waals surface area contributed by atoms with Crippen LogP contribution in [0.2, 0.25) is 0 Å². The minimum atomic E-state index is -1.74. The van der Waals surface area contributed by atoms with Gasteiger partial charge in [-0.1, -0.05) is 89.2 Å². The van der Waals surface area contributed by atoms with Gasteiger partial charge in [0.25, 0.3) is 0 Å². The Morgan fingerprint density at radius 3 is 1.53 bits per heavy atom. The molecule has 0 aromatic heterocycles. The van der Waals surface area contributed by atoms with Crippen molar-refractivity contribution in [3.05, 3.63) is 71.8 Å². The molecule has 2 aromatic carbocycles. The van der Waals surface area contributed by atoms with E-state index in [0.717, 1.165) is 12.2 Å². The summed E-state index contributed by atoms with van der Waals surface area (Å²) in [5, 5.41) is 65.9. The zero-order valence-electron chi connectivity index (χ0n) is 39.5. The van der Waals surface area contributed by atoms with Crippen LogP contribution in [-0.2, 0) is 65.6 Å². The van der Waals surface area contributed by atoms with Crippen molar-refractivity contribution in [3.8, 4) is 0 Å². The van der Waals surface area contributed by atoms with Gasteiger partial charge in [-0.25, -0.2) is 14.4 Å². The fourth-order valence-corrected chi connectivity index (χ4v) is 8.85. The summed E-state index contributed by atoms with van der Waals surface area (Å²) in [7, 11) is 2.58. The number of hydrogen-bond donors (Lipinski definition) is 14. The van der Waals surface area contributed by atoms with Gasteiger partial charge >= 0.3 is 29.8 Å². The van der Waals surface area contributed by atoms with Gasteiger partial charge in [-0.2, -0.15) is 0 Å². The fraction of sp³-hybridized carbons (Fsp3) is 0.467. The number of nitrogens with two attached hydrogens (primary N) is 1. The van der Waals surface area contributed by atoms with Gasteiger partial charge in [-0.05, 0) is 42.6 Å². The van der Waals surface area contributed by atoms with Crippen molar-refractivity contribution in [2.45, 2.75) is 107 Å². The Balaban J connectivity index is 2.12. The quantitative estimate of drug-likeness (QED) is 0.0217. The molecule has 0 aliphatic carbocycles. The molecule has 2 aromatic rings. The first-order chi connectivity index (χ1) is 34.6. The fourth-order valence-electron chi connectivity index (χ4n) is 6.27. The number of carboxylic acids is 5. The van der Waals surface area contributed by atoms with Crippen LogP contribution < -0.4 is 48.3 Å². The van der Waals surface area contributed by atoms with Gasteiger partial charge in [0.05, 0.1) is 6.42 Å². The number of hydrogen-bond acceptors (Lipinski definition) is 15. The summed E-state index contributed by atoms with van der Waals surface area (Å²) in [5.41, 5.74) is 7.27. The van der Waals surface area contributed by atoms with Crippen LogP contribution in [0.5, 0.6) is 0 Å². The van der Waals surface area contributed by atoms with E-state index in [0.29, 0.717) is 11.1 Å². The van der Waals surface area contributed by atoms with E-state index >= 15 is 0 Å². The second-order valence-electron chi connectivity index (χ2n) is 16.0. The molecule has 28 heteroatoms. The van der Waals surface area contributed by atoms with Crippen LogP contribution in [0.3, 0.4) is 0 Å². The summed E-state index contributed by atoms with van der Waals surface area (Å²) in [5.74, 6) is -11.5. The van der Waals surface area contributed by atoms with E-state index in [1.54, 1.807) is 60.7 Å². The number of carbonyl (C=O) groups is 11. The molecule has 0 saturated heterocycles. The van der Waals surface area contributed by atoms with Crippen LogP contribution in [0.4, 0.5) is 0 Å². The lowest BCUT2D eigenvalue weighted by atomic mass is 10.0. The highest BCUT2D eigenvalue weighted by atomic mass is 33.1. The topological polar surface area (TPSA) is 411 Å². The minimum absolute atomic E-state index is 0.0512. The summed E-state index contributed by atoms with van der Waals surface area (Å²) in [6, 6.07) is 6.76. The molecule has 0 heterocycles. The number of amides is 6. The first-order valence-corrected chi connectivity index (χ1v) is 25.5. The van der Waals surface area contributed by atoms with Crippen molar-refractivity contribution in [2.75, 3.05) is 24.6 Å². The Hall–Kier alpha value is -7.04. The van der Waals surface area contributed by atoms with Gasteiger partial charge in [-0.3, -0.25) is 38.4 Å². The molecule has 0 unspecified atom stereocenters. The monoisotopic (exact) mass is 1080 g/mol. The molecule has 0 spiro atoms. The third-order valence-corrected chi connectivity index (χ3v) is 13.0. The molecule has 0 radical (unpaired) electrons. The molecule has 0 aliphatic heterocycles. The molecule has 0 bridgehead atoms. The number of rotatable bonds is 35. The molecule has 0 fully saturated rings. The third-order valence-electron chi connectivity index (χ3n) is 10.1. The average Bonchev–Trinajstić information content (AvgIpc) is 3.33. The number of carbonyl (C=O) groups excluding carboxylic acids is 6. The standard InChI is InChI=1S/C45H61N9O16S3/c1-2-19-72-73-24-33(44(69)70)52-41(64)32(22-37(59)60)50-38(61)27(46)23-48-39(62)30(20-25-9-5-3-6-10-25)51-40(63)31(21-26-11-7-4-8-12-26)49-35(56)17-18-47-34(55)15-13-28(42(65)66)53-45(71)54-29(43(67)68)14-16-36(57)58/h3-12,27-33H,2,13-24,46H2,1H3,(H,47,55)(H,48,62)(H,49,56)(H,50,61)(H,51,63)(H,52,64)(H,57,58)(H,59,60)(H,65,66)(H,67,68)(H,69,70)(H2,53,54,71)/t27-,28-,29-,30-,31-,32-,33+/m0/s1. The summed E-state index contributed by atoms with van der Waals surface area (Å²) < 4.78 is 0. The summed E-state index contributed by atoms with van der Waals surface area (Å²) in [6.45, 7) is 1.10. The number of nitrogens with one attached hydrogen (secondary N) is 8. The van der Waals surface area contributed by atoms with E-state index in [-0.39, 0.29) is 50.8 Å². The number of aliphatic carboxylic acids is 5. The lowest BCUT2D eigenvalue weighted by molar-refractivity contribution is -0.143. The van der Waals surface area contributed by atoms with E-state index in [1.165, 1.54) is 21.6 Å². The predicted molar refractivity (Wildman–Crippen MR) is 270 cm³/mol. The van der Waals surface area contributed by atoms with Crippen LogP contribution in [0.15, 0.2) is 60.7 Å². The maximum atomic E-state index is 14.0. The maximum absolute atomic E-state index is 14.0. The van der Waals surface area contributed by atoms with Crippen molar-refractivity contribution < 1.29 is 78.3 Å². The smallest absolute Gasteiger partial charge is 0.327 e. The SMILES string of the molecule is CCCSSC[C@@H](NC(=O)[C@H](CC(=O)O)NC(=O)[C@@H](N)CNC(=O)[C@H](Cc1ccccc1)NC(=O)[C@H](Cc1ccccc1)NC(=O)CCNC(=O)CC[C@H](NC(=S)N[C@@H](CCC(=O)O)C(=O)O)C(=O)O)C(=O)O. The number of carboxylic acid groups (broad SMARTS) is 5. The second kappa shape index (κ2) is 33.6. The Morgan fingerprint density at radius 1 is 0.534 bits per heavy atom. The predicted octanol–water partition coefficient (Wildman–Crippen LogP) is -1.27.